The van der Waals surface area contributed by atoms with Crippen molar-refractivity contribution in [3.63, 3.8) is 0 Å². The molecule has 0 radical (unpaired) electrons. The van der Waals surface area contributed by atoms with Gasteiger partial charge in [-0.3, -0.25) is 4.79 Å². The fourth-order valence-corrected chi connectivity index (χ4v) is 4.26. The van der Waals surface area contributed by atoms with Crippen molar-refractivity contribution in [2.45, 2.75) is 57.7 Å². The number of likely N-dealkylation sites (N-methyl/N-ethyl adjacent to an activating group) is 1. The fourth-order valence-electron chi connectivity index (χ4n) is 4.26. The molecule has 32 heavy (non-hydrogen) atoms. The molecule has 3 rings (SSSR count). The second-order valence-electron chi connectivity index (χ2n) is 9.10. The van der Waals surface area contributed by atoms with Gasteiger partial charge in [0, 0.05) is 24.9 Å². The number of hydrogen-bond acceptors (Lipinski definition) is 4. The van der Waals surface area contributed by atoms with Crippen LogP contribution in [-0.2, 0) is 11.2 Å². The second kappa shape index (κ2) is 9.17. The summed E-state index contributed by atoms with van der Waals surface area (Å²) >= 11 is 0. The number of amides is 1. The van der Waals surface area contributed by atoms with Crippen molar-refractivity contribution in [2.75, 3.05) is 20.6 Å². The van der Waals surface area contributed by atoms with Crippen LogP contribution in [0.3, 0.4) is 0 Å². The number of nitrogens with zero attached hydrogens (tertiary/aromatic N) is 1. The fraction of sp³-hybridized carbons (Fsp3) is 0.542. The van der Waals surface area contributed by atoms with E-state index in [0.29, 0.717) is 18.7 Å². The van der Waals surface area contributed by atoms with E-state index < -0.39 is 23.4 Å². The summed E-state index contributed by atoms with van der Waals surface area (Å²) in [6.45, 7) is 3.89. The van der Waals surface area contributed by atoms with Crippen LogP contribution in [0, 0.1) is 19.3 Å². The molecule has 1 fully saturated rings. The van der Waals surface area contributed by atoms with Gasteiger partial charge >= 0.3 is 6.18 Å². The average molecular weight is 453 g/mol. The zero-order valence-corrected chi connectivity index (χ0v) is 18.9. The molecule has 1 aromatic heterocycles. The highest BCUT2D eigenvalue weighted by atomic mass is 19.4. The van der Waals surface area contributed by atoms with E-state index in [9.17, 15) is 23.1 Å². The summed E-state index contributed by atoms with van der Waals surface area (Å²) in [4.78, 5) is 14.7. The van der Waals surface area contributed by atoms with Gasteiger partial charge in [-0.25, -0.2) is 0 Å². The number of aromatic hydroxyl groups is 1. The van der Waals surface area contributed by atoms with E-state index in [2.05, 4.69) is 5.32 Å². The molecule has 2 atom stereocenters. The molecule has 0 saturated heterocycles. The Balaban J connectivity index is 1.69. The molecular weight excluding hydrogens is 421 g/mol. The zero-order chi connectivity index (χ0) is 23.7. The van der Waals surface area contributed by atoms with Crippen molar-refractivity contribution in [2.24, 2.45) is 5.41 Å². The van der Waals surface area contributed by atoms with Gasteiger partial charge in [-0.15, -0.1) is 0 Å². The van der Waals surface area contributed by atoms with Crippen LogP contribution < -0.4 is 5.32 Å². The van der Waals surface area contributed by atoms with Crippen LogP contribution in [0.1, 0.15) is 47.8 Å². The number of furan rings is 1. The molecule has 1 amide bonds. The molecule has 0 bridgehead atoms. The Morgan fingerprint density at radius 1 is 1.22 bits per heavy atom. The minimum Gasteiger partial charge on any atom is -0.508 e. The van der Waals surface area contributed by atoms with Crippen molar-refractivity contribution in [1.29, 1.82) is 0 Å². The molecule has 0 aliphatic heterocycles. The summed E-state index contributed by atoms with van der Waals surface area (Å²) in [6, 6.07) is 8.28. The average Bonchev–Trinajstić information content (AvgIpc) is 3.40. The lowest BCUT2D eigenvalue weighted by molar-refractivity contribution is -0.196. The quantitative estimate of drug-likeness (QED) is 0.579. The summed E-state index contributed by atoms with van der Waals surface area (Å²) in [6.07, 6.45) is -4.01. The molecule has 1 saturated carbocycles. The highest BCUT2D eigenvalue weighted by Crippen LogP contribution is 2.66. The van der Waals surface area contributed by atoms with Crippen molar-refractivity contribution < 1.29 is 27.5 Å². The van der Waals surface area contributed by atoms with Gasteiger partial charge in [-0.05, 0) is 82.6 Å². The maximum Gasteiger partial charge on any atom is 0.395 e. The van der Waals surface area contributed by atoms with E-state index >= 15 is 0 Å². The van der Waals surface area contributed by atoms with Gasteiger partial charge in [0.15, 0.2) is 0 Å². The van der Waals surface area contributed by atoms with Crippen LogP contribution in [0.2, 0.25) is 0 Å². The lowest BCUT2D eigenvalue weighted by atomic mass is 9.83. The predicted molar refractivity (Wildman–Crippen MR) is 116 cm³/mol. The normalized spacial score (nSPS) is 17.2. The number of alkyl halides is 3. The number of benzene rings is 1. The lowest BCUT2D eigenvalue weighted by Gasteiger charge is -2.28. The summed E-state index contributed by atoms with van der Waals surface area (Å²) in [5.41, 5.74) is 0.0876. The van der Waals surface area contributed by atoms with Crippen LogP contribution in [0.4, 0.5) is 13.2 Å². The molecule has 0 unspecified atom stereocenters. The Bertz CT molecular complexity index is 948. The number of carbonyl (C=O) groups excluding carboxylic acids is 1. The van der Waals surface area contributed by atoms with Gasteiger partial charge in [-0.1, -0.05) is 6.07 Å². The molecular formula is C24H31F3N2O3. The maximum absolute atomic E-state index is 13.8. The molecule has 5 nitrogen and oxygen atoms in total. The Labute approximate surface area is 186 Å². The first-order valence-corrected chi connectivity index (χ1v) is 10.8. The van der Waals surface area contributed by atoms with E-state index in [1.165, 1.54) is 0 Å². The van der Waals surface area contributed by atoms with E-state index in [4.69, 9.17) is 4.42 Å². The third-order valence-electron chi connectivity index (χ3n) is 6.56. The number of aryl methyl sites for hydroxylation is 2. The highest BCUT2D eigenvalue weighted by molar-refractivity contribution is 5.77. The summed E-state index contributed by atoms with van der Waals surface area (Å²) in [5.74, 6) is -0.516. The van der Waals surface area contributed by atoms with Gasteiger partial charge in [0.2, 0.25) is 5.91 Å². The predicted octanol–water partition coefficient (Wildman–Crippen LogP) is 4.71. The van der Waals surface area contributed by atoms with Gasteiger partial charge in [0.1, 0.15) is 17.3 Å². The zero-order valence-electron chi connectivity index (χ0n) is 18.9. The third kappa shape index (κ3) is 5.28. The molecule has 0 spiro atoms. The standard InChI is InChI=1S/C24H31F3N2O3/c1-15-11-19(30)7-6-17(15)12-18(29(3)4)14-28-22(31)13-20(21-8-5-16(2)32-21)23(9-10-23)24(25,26)27/h5-8,11,18,20,30H,9-10,12-14H2,1-4H3,(H,28,31)/t18-,20+/m0/s1. The molecule has 2 N–H and O–H groups in total. The molecule has 1 heterocycles. The van der Waals surface area contributed by atoms with E-state index in [1.807, 2.05) is 32.0 Å². The highest BCUT2D eigenvalue weighted by Gasteiger charge is 2.68. The summed E-state index contributed by atoms with van der Waals surface area (Å²) in [7, 11) is 3.79. The second-order valence-corrected chi connectivity index (χ2v) is 9.10. The number of carbonyl (C=O) groups is 1. The topological polar surface area (TPSA) is 65.7 Å². The summed E-state index contributed by atoms with van der Waals surface area (Å²) < 4.78 is 47.0. The van der Waals surface area contributed by atoms with Crippen molar-refractivity contribution in [3.05, 3.63) is 53.0 Å². The van der Waals surface area contributed by atoms with Crippen LogP contribution in [0.5, 0.6) is 5.75 Å². The SMILES string of the molecule is Cc1ccc([C@@H](CC(=O)NC[C@H](Cc2ccc(O)cc2C)N(C)C)C2(C(F)(F)F)CC2)o1. The van der Waals surface area contributed by atoms with Gasteiger partial charge in [0.25, 0.3) is 0 Å². The van der Waals surface area contributed by atoms with Crippen LogP contribution in [-0.4, -0.2) is 48.8 Å². The van der Waals surface area contributed by atoms with E-state index in [1.54, 1.807) is 31.2 Å². The van der Waals surface area contributed by atoms with E-state index in [0.717, 1.165) is 11.1 Å². The first-order chi connectivity index (χ1) is 14.9. The number of rotatable bonds is 9. The van der Waals surface area contributed by atoms with E-state index in [-0.39, 0.29) is 36.8 Å². The minimum atomic E-state index is -4.39. The minimum absolute atomic E-state index is 0.00858. The van der Waals surface area contributed by atoms with Gasteiger partial charge in [0.05, 0.1) is 5.41 Å². The third-order valence-corrected chi connectivity index (χ3v) is 6.56. The number of halogens is 3. The Morgan fingerprint density at radius 3 is 2.41 bits per heavy atom. The molecule has 1 aromatic carbocycles. The molecule has 2 aromatic rings. The maximum atomic E-state index is 13.8. The molecule has 176 valence electrons. The molecule has 8 heteroatoms. The Hall–Kier alpha value is -2.48. The monoisotopic (exact) mass is 452 g/mol. The number of nitrogens with one attached hydrogen (secondary N) is 1. The number of phenolic OH excluding ortho intramolecular Hbond substituents is 1. The Kier molecular flexibility index (Phi) is 6.93. The number of hydrogen-bond donors (Lipinski definition) is 2. The largest absolute Gasteiger partial charge is 0.508 e. The number of phenols is 1. The first-order valence-electron chi connectivity index (χ1n) is 10.8. The molecule has 1 aliphatic rings. The smallest absolute Gasteiger partial charge is 0.395 e. The molecule has 1 aliphatic carbocycles. The lowest BCUT2D eigenvalue weighted by Crippen LogP contribution is -2.42. The van der Waals surface area contributed by atoms with Crippen LogP contribution in [0.15, 0.2) is 34.7 Å². The first kappa shape index (κ1) is 24.2. The van der Waals surface area contributed by atoms with Crippen molar-refractivity contribution in [1.82, 2.24) is 10.2 Å². The van der Waals surface area contributed by atoms with Crippen LogP contribution >= 0.6 is 0 Å². The van der Waals surface area contributed by atoms with Crippen molar-refractivity contribution >= 4 is 5.91 Å². The van der Waals surface area contributed by atoms with Crippen molar-refractivity contribution in [3.8, 4) is 5.75 Å². The summed E-state index contributed by atoms with van der Waals surface area (Å²) in [5, 5.41) is 12.4. The van der Waals surface area contributed by atoms with Crippen LogP contribution in [0.25, 0.3) is 0 Å². The Morgan fingerprint density at radius 2 is 1.91 bits per heavy atom. The van der Waals surface area contributed by atoms with Gasteiger partial charge < -0.3 is 19.7 Å². The van der Waals surface area contributed by atoms with Gasteiger partial charge in [-0.2, -0.15) is 13.2 Å².